The van der Waals surface area contributed by atoms with Crippen molar-refractivity contribution >= 4 is 12.0 Å². The summed E-state index contributed by atoms with van der Waals surface area (Å²) in [4.78, 5) is 12.8. The van der Waals surface area contributed by atoms with Crippen molar-refractivity contribution in [1.82, 2.24) is 5.32 Å². The number of rotatable bonds is 5. The van der Waals surface area contributed by atoms with E-state index in [9.17, 15) is 4.79 Å². The molecule has 1 saturated carbocycles. The van der Waals surface area contributed by atoms with Crippen LogP contribution < -0.4 is 19.5 Å². The molecule has 1 amide bonds. The number of hydrogen-bond acceptors (Lipinski definition) is 4. The minimum Gasteiger partial charge on any atom is -0.493 e. The Morgan fingerprint density at radius 1 is 1.06 bits per heavy atom. The van der Waals surface area contributed by atoms with Gasteiger partial charge in [0.1, 0.15) is 11.4 Å². The first-order chi connectivity index (χ1) is 15.0. The number of carbonyl (C=O) groups excluding carboxylic acids is 1. The van der Waals surface area contributed by atoms with Gasteiger partial charge in [0.15, 0.2) is 11.5 Å². The first-order valence-electron chi connectivity index (χ1n) is 11.0. The Morgan fingerprint density at radius 2 is 1.84 bits per heavy atom. The smallest absolute Gasteiger partial charge is 0.244 e. The molecule has 2 aromatic carbocycles. The van der Waals surface area contributed by atoms with Crippen LogP contribution in [0.25, 0.3) is 6.08 Å². The molecule has 31 heavy (non-hydrogen) atoms. The van der Waals surface area contributed by atoms with Crippen molar-refractivity contribution in [2.75, 3.05) is 14.2 Å². The normalized spacial score (nSPS) is 19.5. The van der Waals surface area contributed by atoms with Crippen LogP contribution in [0.5, 0.6) is 17.2 Å². The van der Waals surface area contributed by atoms with E-state index in [1.54, 1.807) is 26.4 Å². The Kier molecular flexibility index (Phi) is 6.21. The van der Waals surface area contributed by atoms with E-state index in [2.05, 4.69) is 30.4 Å². The number of nitrogens with one attached hydrogen (secondary N) is 1. The van der Waals surface area contributed by atoms with E-state index in [0.29, 0.717) is 11.5 Å². The standard InChI is InChI=1S/C26H31NO4/c1-18-7-10-22-20(15-18)21(17-26(31-22)13-5-4-6-14-26)27-25(28)12-9-19-8-11-23(29-2)24(16-19)30-3/h7-12,15-16,21H,4-6,13-14,17H2,1-3H3,(H,27,28)/b12-9+. The zero-order valence-corrected chi connectivity index (χ0v) is 18.6. The van der Waals surface area contributed by atoms with E-state index in [0.717, 1.165) is 36.1 Å². The lowest BCUT2D eigenvalue weighted by Gasteiger charge is -2.44. The second-order valence-corrected chi connectivity index (χ2v) is 8.60. The zero-order chi connectivity index (χ0) is 21.8. The number of fused-ring (bicyclic) bond motifs is 1. The van der Waals surface area contributed by atoms with Crippen molar-refractivity contribution < 1.29 is 19.0 Å². The van der Waals surface area contributed by atoms with E-state index in [4.69, 9.17) is 14.2 Å². The Morgan fingerprint density at radius 3 is 2.58 bits per heavy atom. The maximum absolute atomic E-state index is 12.8. The molecule has 1 atom stereocenters. The molecule has 2 aliphatic rings. The summed E-state index contributed by atoms with van der Waals surface area (Å²) in [6.45, 7) is 2.07. The molecule has 1 unspecified atom stereocenters. The van der Waals surface area contributed by atoms with Crippen LogP contribution in [-0.4, -0.2) is 25.7 Å². The van der Waals surface area contributed by atoms with Crippen molar-refractivity contribution in [3.63, 3.8) is 0 Å². The van der Waals surface area contributed by atoms with Gasteiger partial charge in [-0.3, -0.25) is 4.79 Å². The quantitative estimate of drug-likeness (QED) is 0.660. The van der Waals surface area contributed by atoms with E-state index in [1.165, 1.54) is 24.8 Å². The summed E-state index contributed by atoms with van der Waals surface area (Å²) < 4.78 is 17.1. The highest BCUT2D eigenvalue weighted by Crippen LogP contribution is 2.46. The molecule has 164 valence electrons. The second kappa shape index (κ2) is 9.04. The Labute approximate surface area is 184 Å². The Bertz CT molecular complexity index is 975. The number of benzene rings is 2. The molecule has 1 N–H and O–H groups in total. The van der Waals surface area contributed by atoms with E-state index < -0.39 is 0 Å². The van der Waals surface area contributed by atoms with Crippen molar-refractivity contribution in [3.8, 4) is 17.2 Å². The van der Waals surface area contributed by atoms with E-state index >= 15 is 0 Å². The monoisotopic (exact) mass is 421 g/mol. The molecule has 1 spiro atoms. The van der Waals surface area contributed by atoms with Crippen molar-refractivity contribution in [1.29, 1.82) is 0 Å². The molecule has 0 saturated heterocycles. The Balaban J connectivity index is 1.52. The molecule has 2 aromatic rings. The van der Waals surface area contributed by atoms with Gasteiger partial charge in [0.25, 0.3) is 0 Å². The predicted molar refractivity (Wildman–Crippen MR) is 122 cm³/mol. The van der Waals surface area contributed by atoms with Gasteiger partial charge in [-0.2, -0.15) is 0 Å². The minimum atomic E-state index is -0.161. The van der Waals surface area contributed by atoms with Crippen LogP contribution in [0.2, 0.25) is 0 Å². The number of carbonyl (C=O) groups is 1. The highest BCUT2D eigenvalue weighted by atomic mass is 16.5. The van der Waals surface area contributed by atoms with Gasteiger partial charge >= 0.3 is 0 Å². The first-order valence-corrected chi connectivity index (χ1v) is 11.0. The van der Waals surface area contributed by atoms with Crippen molar-refractivity contribution in [2.24, 2.45) is 0 Å². The fourth-order valence-corrected chi connectivity index (χ4v) is 4.77. The van der Waals surface area contributed by atoms with Crippen LogP contribution in [0.3, 0.4) is 0 Å². The summed E-state index contributed by atoms with van der Waals surface area (Å²) in [5.74, 6) is 2.10. The zero-order valence-electron chi connectivity index (χ0n) is 18.6. The minimum absolute atomic E-state index is 0.0516. The highest BCUT2D eigenvalue weighted by molar-refractivity contribution is 5.92. The molecule has 1 fully saturated rings. The van der Waals surface area contributed by atoms with Gasteiger partial charge in [0.05, 0.1) is 20.3 Å². The number of hydrogen-bond donors (Lipinski definition) is 1. The first kappa shape index (κ1) is 21.3. The topological polar surface area (TPSA) is 56.8 Å². The van der Waals surface area contributed by atoms with Crippen LogP contribution in [-0.2, 0) is 4.79 Å². The molecule has 1 aliphatic carbocycles. The van der Waals surface area contributed by atoms with Crippen LogP contribution in [0.15, 0.2) is 42.5 Å². The summed E-state index contributed by atoms with van der Waals surface area (Å²) in [6, 6.07) is 11.8. The van der Waals surface area contributed by atoms with Crippen molar-refractivity contribution in [3.05, 3.63) is 59.2 Å². The molecule has 5 heteroatoms. The molecular formula is C26H31NO4. The van der Waals surface area contributed by atoms with Crippen LogP contribution in [0.1, 0.15) is 61.3 Å². The van der Waals surface area contributed by atoms with Crippen LogP contribution >= 0.6 is 0 Å². The van der Waals surface area contributed by atoms with Gasteiger partial charge in [0.2, 0.25) is 5.91 Å². The molecule has 1 aliphatic heterocycles. The Hall–Kier alpha value is -2.95. The number of ether oxygens (including phenoxy) is 3. The fraction of sp³-hybridized carbons (Fsp3) is 0.423. The average molecular weight is 422 g/mol. The average Bonchev–Trinajstić information content (AvgIpc) is 2.78. The summed E-state index contributed by atoms with van der Waals surface area (Å²) in [5.41, 5.74) is 2.96. The summed E-state index contributed by atoms with van der Waals surface area (Å²) in [5, 5.41) is 3.23. The molecule has 5 nitrogen and oxygen atoms in total. The van der Waals surface area contributed by atoms with Gasteiger partial charge in [-0.15, -0.1) is 0 Å². The van der Waals surface area contributed by atoms with E-state index in [-0.39, 0.29) is 17.6 Å². The lowest BCUT2D eigenvalue weighted by atomic mass is 9.77. The summed E-state index contributed by atoms with van der Waals surface area (Å²) >= 11 is 0. The lowest BCUT2D eigenvalue weighted by molar-refractivity contribution is -0.118. The van der Waals surface area contributed by atoms with E-state index in [1.807, 2.05) is 18.2 Å². The predicted octanol–water partition coefficient (Wildman–Crippen LogP) is 5.37. The number of amides is 1. The SMILES string of the molecule is COc1ccc(/C=C/C(=O)NC2CC3(CCCCC3)Oc3ccc(C)cc32)cc1OC. The second-order valence-electron chi connectivity index (χ2n) is 8.60. The summed E-state index contributed by atoms with van der Waals surface area (Å²) in [6.07, 6.45) is 9.92. The third-order valence-electron chi connectivity index (χ3n) is 6.36. The third kappa shape index (κ3) is 4.71. The molecule has 0 bridgehead atoms. The maximum atomic E-state index is 12.8. The van der Waals surface area contributed by atoms with Gasteiger partial charge < -0.3 is 19.5 Å². The third-order valence-corrected chi connectivity index (χ3v) is 6.36. The number of aryl methyl sites for hydroxylation is 1. The number of methoxy groups -OCH3 is 2. The van der Waals surface area contributed by atoms with Gasteiger partial charge in [-0.05, 0) is 62.4 Å². The molecule has 4 rings (SSSR count). The molecular weight excluding hydrogens is 390 g/mol. The van der Waals surface area contributed by atoms with Crippen molar-refractivity contribution in [2.45, 2.75) is 57.1 Å². The van der Waals surface area contributed by atoms with Crippen LogP contribution in [0, 0.1) is 6.92 Å². The summed E-state index contributed by atoms with van der Waals surface area (Å²) in [7, 11) is 3.21. The highest BCUT2D eigenvalue weighted by Gasteiger charge is 2.42. The van der Waals surface area contributed by atoms with Crippen LogP contribution in [0.4, 0.5) is 0 Å². The largest absolute Gasteiger partial charge is 0.493 e. The molecule has 1 heterocycles. The van der Waals surface area contributed by atoms with Gasteiger partial charge in [-0.25, -0.2) is 0 Å². The molecule has 0 aromatic heterocycles. The van der Waals surface area contributed by atoms with Gasteiger partial charge in [0, 0.05) is 18.1 Å². The lowest BCUT2D eigenvalue weighted by Crippen LogP contribution is -2.46. The molecule has 0 radical (unpaired) electrons. The van der Waals surface area contributed by atoms with Gasteiger partial charge in [-0.1, -0.05) is 30.2 Å². The fourth-order valence-electron chi connectivity index (χ4n) is 4.77. The maximum Gasteiger partial charge on any atom is 0.244 e.